The fourth-order valence-corrected chi connectivity index (χ4v) is 4.75. The molecule has 2 N–H and O–H groups in total. The molecule has 0 bridgehead atoms. The maximum absolute atomic E-state index is 12.2. The van der Waals surface area contributed by atoms with Gasteiger partial charge < -0.3 is 9.84 Å². The summed E-state index contributed by atoms with van der Waals surface area (Å²) in [5.41, 5.74) is -0.407. The first-order valence-corrected chi connectivity index (χ1v) is 8.59. The molecule has 112 valence electrons. The summed E-state index contributed by atoms with van der Waals surface area (Å²) in [5.74, 6) is -0.980. The summed E-state index contributed by atoms with van der Waals surface area (Å²) < 4.78 is 32.2. The van der Waals surface area contributed by atoms with Crippen LogP contribution in [-0.2, 0) is 19.6 Å². The second-order valence-corrected chi connectivity index (χ2v) is 7.79. The Bertz CT molecular complexity index is 587. The van der Waals surface area contributed by atoms with Gasteiger partial charge in [-0.2, -0.15) is 0 Å². The third-order valence-corrected chi connectivity index (χ3v) is 6.65. The largest absolute Gasteiger partial charge is 0.481 e. The molecule has 1 aliphatic rings. The first-order chi connectivity index (χ1) is 9.37. The maximum atomic E-state index is 12.2. The molecular weight excluding hydrogens is 302 g/mol. The van der Waals surface area contributed by atoms with E-state index in [4.69, 9.17) is 4.74 Å². The zero-order valence-electron chi connectivity index (χ0n) is 11.1. The van der Waals surface area contributed by atoms with E-state index in [1.807, 2.05) is 0 Å². The van der Waals surface area contributed by atoms with E-state index in [0.29, 0.717) is 31.6 Å². The minimum atomic E-state index is -3.65. The van der Waals surface area contributed by atoms with Crippen molar-refractivity contribution in [3.63, 3.8) is 0 Å². The Balaban J connectivity index is 2.14. The van der Waals surface area contributed by atoms with Crippen molar-refractivity contribution in [3.05, 3.63) is 17.0 Å². The summed E-state index contributed by atoms with van der Waals surface area (Å²) in [7, 11) is -3.65. The second-order valence-electron chi connectivity index (χ2n) is 4.91. The number of ether oxygens (including phenoxy) is 1. The van der Waals surface area contributed by atoms with Gasteiger partial charge >= 0.3 is 5.97 Å². The monoisotopic (exact) mass is 319 g/mol. The Morgan fingerprint density at radius 3 is 2.65 bits per heavy atom. The van der Waals surface area contributed by atoms with Gasteiger partial charge in [0.05, 0.1) is 5.41 Å². The van der Waals surface area contributed by atoms with Crippen LogP contribution < -0.4 is 4.72 Å². The first kappa shape index (κ1) is 15.4. The van der Waals surface area contributed by atoms with Gasteiger partial charge in [-0.25, -0.2) is 13.1 Å². The molecule has 2 rings (SSSR count). The highest BCUT2D eigenvalue weighted by molar-refractivity contribution is 7.91. The van der Waals surface area contributed by atoms with Crippen LogP contribution in [-0.4, -0.2) is 39.3 Å². The highest BCUT2D eigenvalue weighted by Gasteiger charge is 2.41. The molecule has 8 heteroatoms. The number of aryl methyl sites for hydroxylation is 1. The van der Waals surface area contributed by atoms with Gasteiger partial charge in [-0.05, 0) is 36.8 Å². The van der Waals surface area contributed by atoms with E-state index in [2.05, 4.69) is 4.72 Å². The van der Waals surface area contributed by atoms with E-state index in [9.17, 15) is 18.3 Å². The fraction of sp³-hybridized carbons (Fsp3) is 0.583. The smallest absolute Gasteiger partial charge is 0.311 e. The Hall–Kier alpha value is -0.960. The van der Waals surface area contributed by atoms with Gasteiger partial charge in [0.1, 0.15) is 4.21 Å². The molecular formula is C12H17NO5S2. The average molecular weight is 319 g/mol. The number of aliphatic carboxylic acids is 1. The lowest BCUT2D eigenvalue weighted by atomic mass is 9.80. The molecule has 0 saturated carbocycles. The Kier molecular flexibility index (Phi) is 4.48. The predicted molar refractivity (Wildman–Crippen MR) is 74.4 cm³/mol. The number of carboxylic acid groups (broad SMARTS) is 1. The molecule has 0 aromatic carbocycles. The Morgan fingerprint density at radius 1 is 1.50 bits per heavy atom. The van der Waals surface area contributed by atoms with Crippen molar-refractivity contribution < 1.29 is 23.1 Å². The molecule has 1 fully saturated rings. The van der Waals surface area contributed by atoms with E-state index >= 15 is 0 Å². The zero-order valence-corrected chi connectivity index (χ0v) is 12.7. The SMILES string of the molecule is Cc1ccsc1S(=O)(=O)NCC1(C(=O)O)CCOCC1. The summed E-state index contributed by atoms with van der Waals surface area (Å²) >= 11 is 1.13. The normalized spacial score (nSPS) is 18.9. The number of carboxylic acids is 1. The van der Waals surface area contributed by atoms with Gasteiger partial charge in [0.2, 0.25) is 10.0 Å². The van der Waals surface area contributed by atoms with Gasteiger partial charge in [-0.15, -0.1) is 11.3 Å². The van der Waals surface area contributed by atoms with Gasteiger partial charge in [0.15, 0.2) is 0 Å². The minimum Gasteiger partial charge on any atom is -0.481 e. The molecule has 1 aromatic heterocycles. The molecule has 0 unspecified atom stereocenters. The topological polar surface area (TPSA) is 92.7 Å². The van der Waals surface area contributed by atoms with Crippen LogP contribution in [0.4, 0.5) is 0 Å². The predicted octanol–water partition coefficient (Wildman–Crippen LogP) is 1.22. The van der Waals surface area contributed by atoms with Gasteiger partial charge in [0.25, 0.3) is 0 Å². The number of sulfonamides is 1. The van der Waals surface area contributed by atoms with E-state index < -0.39 is 21.4 Å². The molecule has 1 saturated heterocycles. The molecule has 0 atom stereocenters. The summed E-state index contributed by atoms with van der Waals surface area (Å²) in [6, 6.07) is 1.72. The van der Waals surface area contributed by atoms with Crippen LogP contribution in [0.1, 0.15) is 18.4 Å². The molecule has 0 amide bonds. The standard InChI is InChI=1S/C12H17NO5S2/c1-9-2-7-19-10(9)20(16,17)13-8-12(11(14)15)3-5-18-6-4-12/h2,7,13H,3-6,8H2,1H3,(H,14,15). The van der Waals surface area contributed by atoms with Gasteiger partial charge in [0, 0.05) is 19.8 Å². The quantitative estimate of drug-likeness (QED) is 0.851. The molecule has 2 heterocycles. The lowest BCUT2D eigenvalue weighted by Crippen LogP contribution is -2.46. The molecule has 20 heavy (non-hydrogen) atoms. The minimum absolute atomic E-state index is 0.106. The summed E-state index contributed by atoms with van der Waals surface area (Å²) in [6.45, 7) is 2.29. The Morgan fingerprint density at radius 2 is 2.15 bits per heavy atom. The lowest BCUT2D eigenvalue weighted by molar-refractivity contribution is -0.154. The fourth-order valence-electron chi connectivity index (χ4n) is 2.16. The summed E-state index contributed by atoms with van der Waals surface area (Å²) in [5, 5.41) is 11.1. The van der Waals surface area contributed by atoms with Gasteiger partial charge in [-0.3, -0.25) is 4.79 Å². The number of carbonyl (C=O) groups is 1. The van der Waals surface area contributed by atoms with Crippen LogP contribution in [0, 0.1) is 12.3 Å². The van der Waals surface area contributed by atoms with Crippen molar-refractivity contribution in [2.45, 2.75) is 24.0 Å². The third kappa shape index (κ3) is 3.03. The van der Waals surface area contributed by atoms with Crippen LogP contribution in [0.2, 0.25) is 0 Å². The number of thiophene rings is 1. The number of hydrogen-bond acceptors (Lipinski definition) is 5. The van der Waals surface area contributed by atoms with Crippen molar-refractivity contribution in [2.75, 3.05) is 19.8 Å². The van der Waals surface area contributed by atoms with Crippen molar-refractivity contribution >= 4 is 27.3 Å². The molecule has 0 spiro atoms. The summed E-state index contributed by atoms with van der Waals surface area (Å²) in [6.07, 6.45) is 0.628. The second kappa shape index (κ2) is 5.80. The van der Waals surface area contributed by atoms with Crippen molar-refractivity contribution in [1.29, 1.82) is 0 Å². The van der Waals surface area contributed by atoms with E-state index in [-0.39, 0.29) is 10.8 Å². The number of hydrogen-bond donors (Lipinski definition) is 2. The highest BCUT2D eigenvalue weighted by Crippen LogP contribution is 2.31. The van der Waals surface area contributed by atoms with Crippen LogP contribution in [0.25, 0.3) is 0 Å². The molecule has 0 radical (unpaired) electrons. The molecule has 6 nitrogen and oxygen atoms in total. The Labute approximate surface area is 121 Å². The molecule has 1 aromatic rings. The first-order valence-electron chi connectivity index (χ1n) is 6.22. The lowest BCUT2D eigenvalue weighted by Gasteiger charge is -2.32. The number of nitrogens with one attached hydrogen (secondary N) is 1. The van der Waals surface area contributed by atoms with Crippen molar-refractivity contribution in [2.24, 2.45) is 5.41 Å². The van der Waals surface area contributed by atoms with Crippen LogP contribution in [0.3, 0.4) is 0 Å². The van der Waals surface area contributed by atoms with Gasteiger partial charge in [-0.1, -0.05) is 0 Å². The highest BCUT2D eigenvalue weighted by atomic mass is 32.2. The third-order valence-electron chi connectivity index (χ3n) is 3.56. The summed E-state index contributed by atoms with van der Waals surface area (Å²) in [4.78, 5) is 11.5. The van der Waals surface area contributed by atoms with Crippen molar-refractivity contribution in [3.8, 4) is 0 Å². The molecule has 0 aliphatic carbocycles. The number of rotatable bonds is 5. The molecule has 1 aliphatic heterocycles. The maximum Gasteiger partial charge on any atom is 0.311 e. The van der Waals surface area contributed by atoms with E-state index in [0.717, 1.165) is 11.3 Å². The van der Waals surface area contributed by atoms with E-state index in [1.54, 1.807) is 18.4 Å². The van der Waals surface area contributed by atoms with Crippen molar-refractivity contribution in [1.82, 2.24) is 4.72 Å². The van der Waals surface area contributed by atoms with Crippen LogP contribution in [0.5, 0.6) is 0 Å². The van der Waals surface area contributed by atoms with E-state index in [1.165, 1.54) is 0 Å². The van der Waals surface area contributed by atoms with Crippen LogP contribution >= 0.6 is 11.3 Å². The zero-order chi connectivity index (χ0) is 14.8. The van der Waals surface area contributed by atoms with Crippen LogP contribution in [0.15, 0.2) is 15.7 Å². The average Bonchev–Trinajstić information content (AvgIpc) is 2.85.